The van der Waals surface area contributed by atoms with Crippen LogP contribution in [0.1, 0.15) is 38.5 Å². The van der Waals surface area contributed by atoms with Crippen LogP contribution in [0, 0.1) is 0 Å². The number of anilines is 1. The van der Waals surface area contributed by atoms with Gasteiger partial charge in [-0.25, -0.2) is 12.7 Å². The number of benzene rings is 1. The maximum Gasteiger partial charge on any atom is 0.266 e. The summed E-state index contributed by atoms with van der Waals surface area (Å²) in [5, 5.41) is 0. The predicted molar refractivity (Wildman–Crippen MR) is 85.3 cm³/mol. The normalized spacial score (nSPS) is 20.3. The van der Waals surface area contributed by atoms with Crippen LogP contribution in [0.3, 0.4) is 0 Å². The highest BCUT2D eigenvalue weighted by Crippen LogP contribution is 2.25. The first-order valence-electron chi connectivity index (χ1n) is 7.99. The molecule has 1 aromatic rings. The molecule has 2 heterocycles. The summed E-state index contributed by atoms with van der Waals surface area (Å²) < 4.78 is 26.2. The first-order valence-corrected chi connectivity index (χ1v) is 9.44. The Bertz CT molecular complexity index is 634. The average molecular weight is 322 g/mol. The van der Waals surface area contributed by atoms with Gasteiger partial charge in [0, 0.05) is 31.7 Å². The second-order valence-electron chi connectivity index (χ2n) is 5.97. The predicted octanol–water partition coefficient (Wildman–Crippen LogP) is 2.38. The zero-order valence-electron chi connectivity index (χ0n) is 12.7. The molecule has 0 saturated carbocycles. The zero-order chi connectivity index (χ0) is 15.6. The van der Waals surface area contributed by atoms with Crippen molar-refractivity contribution in [2.75, 3.05) is 24.5 Å². The first-order chi connectivity index (χ1) is 10.6. The Morgan fingerprint density at radius 2 is 1.45 bits per heavy atom. The summed E-state index contributed by atoms with van der Waals surface area (Å²) in [7, 11) is -3.69. The Labute approximate surface area is 132 Å². The summed E-state index contributed by atoms with van der Waals surface area (Å²) in [5.74, 6) is -0.286. The number of piperidine rings is 2. The molecule has 2 aliphatic heterocycles. The van der Waals surface area contributed by atoms with Crippen LogP contribution in [0.4, 0.5) is 5.69 Å². The molecular formula is C16H22N2O3S. The minimum absolute atomic E-state index is 0.212. The monoisotopic (exact) mass is 322 g/mol. The van der Waals surface area contributed by atoms with Crippen molar-refractivity contribution in [2.45, 2.75) is 43.4 Å². The summed E-state index contributed by atoms with van der Waals surface area (Å²) in [5.41, 5.74) is 1.06. The molecule has 22 heavy (non-hydrogen) atoms. The van der Waals surface area contributed by atoms with E-state index in [1.165, 1.54) is 19.3 Å². The third-order valence-corrected chi connectivity index (χ3v) is 6.26. The molecular weight excluding hydrogens is 300 g/mol. The van der Waals surface area contributed by atoms with E-state index in [9.17, 15) is 13.2 Å². The summed E-state index contributed by atoms with van der Waals surface area (Å²) in [6.45, 7) is 2.35. The van der Waals surface area contributed by atoms with E-state index in [0.29, 0.717) is 13.0 Å². The Balaban J connectivity index is 1.80. The summed E-state index contributed by atoms with van der Waals surface area (Å²) in [6.07, 6.45) is 5.48. The minimum Gasteiger partial charge on any atom is -0.372 e. The summed E-state index contributed by atoms with van der Waals surface area (Å²) in [4.78, 5) is 14.4. The van der Waals surface area contributed by atoms with Crippen molar-refractivity contribution in [1.29, 1.82) is 0 Å². The van der Waals surface area contributed by atoms with E-state index in [0.717, 1.165) is 35.9 Å². The topological polar surface area (TPSA) is 57.7 Å². The molecule has 0 atom stereocenters. The van der Waals surface area contributed by atoms with Crippen molar-refractivity contribution in [3.8, 4) is 0 Å². The van der Waals surface area contributed by atoms with Crippen LogP contribution in [-0.2, 0) is 14.8 Å². The lowest BCUT2D eigenvalue weighted by Gasteiger charge is -2.29. The lowest BCUT2D eigenvalue weighted by molar-refractivity contribution is -0.128. The third-order valence-electron chi connectivity index (χ3n) is 4.43. The molecule has 3 rings (SSSR count). The summed E-state index contributed by atoms with van der Waals surface area (Å²) >= 11 is 0. The van der Waals surface area contributed by atoms with Gasteiger partial charge in [-0.2, -0.15) is 0 Å². The number of sulfonamides is 1. The van der Waals surface area contributed by atoms with Crippen molar-refractivity contribution >= 4 is 21.6 Å². The van der Waals surface area contributed by atoms with Crippen molar-refractivity contribution in [1.82, 2.24) is 4.31 Å². The molecule has 2 fully saturated rings. The quantitative estimate of drug-likeness (QED) is 0.857. The lowest BCUT2D eigenvalue weighted by Crippen LogP contribution is -2.40. The molecule has 2 aliphatic rings. The number of carbonyl (C=O) groups is 1. The van der Waals surface area contributed by atoms with Gasteiger partial charge in [-0.3, -0.25) is 4.79 Å². The second-order valence-corrected chi connectivity index (χ2v) is 7.83. The molecule has 6 heteroatoms. The average Bonchev–Trinajstić information content (AvgIpc) is 2.56. The second kappa shape index (κ2) is 6.28. The van der Waals surface area contributed by atoms with Crippen LogP contribution in [-0.4, -0.2) is 38.3 Å². The number of rotatable bonds is 3. The fourth-order valence-corrected chi connectivity index (χ4v) is 4.61. The molecule has 1 amide bonds. The van der Waals surface area contributed by atoms with Crippen molar-refractivity contribution in [3.63, 3.8) is 0 Å². The van der Waals surface area contributed by atoms with E-state index >= 15 is 0 Å². The van der Waals surface area contributed by atoms with Gasteiger partial charge in [-0.15, -0.1) is 0 Å². The highest BCUT2D eigenvalue weighted by molar-refractivity contribution is 7.89. The molecule has 0 spiro atoms. The van der Waals surface area contributed by atoms with Crippen LogP contribution in [0.25, 0.3) is 0 Å². The van der Waals surface area contributed by atoms with E-state index in [-0.39, 0.29) is 10.8 Å². The zero-order valence-corrected chi connectivity index (χ0v) is 13.5. The molecule has 0 radical (unpaired) electrons. The van der Waals surface area contributed by atoms with E-state index in [2.05, 4.69) is 4.90 Å². The SMILES string of the molecule is O=C1CCCCN1S(=O)(=O)c1ccc(N2CCCCC2)cc1. The molecule has 1 aromatic carbocycles. The van der Waals surface area contributed by atoms with Crippen LogP contribution in [0.2, 0.25) is 0 Å². The molecule has 120 valence electrons. The van der Waals surface area contributed by atoms with Gasteiger partial charge in [-0.05, 0) is 56.4 Å². The highest BCUT2D eigenvalue weighted by Gasteiger charge is 2.31. The van der Waals surface area contributed by atoms with Crippen LogP contribution in [0.15, 0.2) is 29.2 Å². The molecule has 5 nitrogen and oxygen atoms in total. The van der Waals surface area contributed by atoms with Crippen molar-refractivity contribution < 1.29 is 13.2 Å². The van der Waals surface area contributed by atoms with Gasteiger partial charge >= 0.3 is 0 Å². The highest BCUT2D eigenvalue weighted by atomic mass is 32.2. The maximum atomic E-state index is 12.6. The van der Waals surface area contributed by atoms with E-state index in [4.69, 9.17) is 0 Å². The molecule has 0 aliphatic carbocycles. The molecule has 0 N–H and O–H groups in total. The van der Waals surface area contributed by atoms with Gasteiger partial charge in [0.05, 0.1) is 4.90 Å². The largest absolute Gasteiger partial charge is 0.372 e. The van der Waals surface area contributed by atoms with Gasteiger partial charge in [0.1, 0.15) is 0 Å². The van der Waals surface area contributed by atoms with Gasteiger partial charge in [-0.1, -0.05) is 0 Å². The third kappa shape index (κ3) is 2.97. The molecule has 0 unspecified atom stereocenters. The van der Waals surface area contributed by atoms with Gasteiger partial charge in [0.2, 0.25) is 5.91 Å². The minimum atomic E-state index is -3.69. The Kier molecular flexibility index (Phi) is 4.38. The summed E-state index contributed by atoms with van der Waals surface area (Å²) in [6, 6.07) is 6.96. The number of carbonyl (C=O) groups excluding carboxylic acids is 1. The smallest absolute Gasteiger partial charge is 0.266 e. The van der Waals surface area contributed by atoms with E-state index in [1.54, 1.807) is 12.1 Å². The molecule has 0 aromatic heterocycles. The Morgan fingerprint density at radius 1 is 0.818 bits per heavy atom. The van der Waals surface area contributed by atoms with Gasteiger partial charge in [0.15, 0.2) is 0 Å². The fourth-order valence-electron chi connectivity index (χ4n) is 3.14. The Hall–Kier alpha value is -1.56. The number of hydrogen-bond acceptors (Lipinski definition) is 4. The van der Waals surface area contributed by atoms with Crippen molar-refractivity contribution in [3.05, 3.63) is 24.3 Å². The van der Waals surface area contributed by atoms with Gasteiger partial charge < -0.3 is 4.90 Å². The maximum absolute atomic E-state index is 12.6. The first kappa shape index (κ1) is 15.3. The number of hydrogen-bond donors (Lipinski definition) is 0. The molecule has 2 saturated heterocycles. The number of nitrogens with zero attached hydrogens (tertiary/aromatic N) is 2. The van der Waals surface area contributed by atoms with Crippen molar-refractivity contribution in [2.24, 2.45) is 0 Å². The number of amides is 1. The Morgan fingerprint density at radius 3 is 2.09 bits per heavy atom. The van der Waals surface area contributed by atoms with E-state index in [1.807, 2.05) is 12.1 Å². The van der Waals surface area contributed by atoms with Gasteiger partial charge in [0.25, 0.3) is 10.0 Å². The lowest BCUT2D eigenvalue weighted by atomic mass is 10.1. The van der Waals surface area contributed by atoms with Crippen LogP contribution in [0.5, 0.6) is 0 Å². The standard InChI is InChI=1S/C16H22N2O3S/c19-16-6-2-5-13-18(16)22(20,21)15-9-7-14(8-10-15)17-11-3-1-4-12-17/h7-10H,1-6,11-13H2. The van der Waals surface area contributed by atoms with E-state index < -0.39 is 10.0 Å². The van der Waals surface area contributed by atoms with Crippen LogP contribution < -0.4 is 4.90 Å². The molecule has 0 bridgehead atoms. The van der Waals surface area contributed by atoms with Crippen LogP contribution >= 0.6 is 0 Å². The fraction of sp³-hybridized carbons (Fsp3) is 0.562.